The Morgan fingerprint density at radius 3 is 1.10 bits per heavy atom. The monoisotopic (exact) mass is 1010 g/mol. The Morgan fingerprint density at radius 1 is 0.321 bits per heavy atom. The van der Waals surface area contributed by atoms with Crippen LogP contribution in [0.25, 0.3) is 98.4 Å². The van der Waals surface area contributed by atoms with E-state index in [1.807, 2.05) is 131 Å². The van der Waals surface area contributed by atoms with E-state index in [0.717, 1.165) is 110 Å². The summed E-state index contributed by atoms with van der Waals surface area (Å²) in [5.41, 5.74) is 13.7. The van der Waals surface area contributed by atoms with E-state index in [1.165, 1.54) is 0 Å². The molecule has 0 aliphatic carbocycles. The van der Waals surface area contributed by atoms with Crippen LogP contribution in [0.15, 0.2) is 242 Å². The van der Waals surface area contributed by atoms with Crippen LogP contribution in [0.4, 0.5) is 34.1 Å². The molecule has 4 heteroatoms. The number of aromatic nitrogens is 2. The van der Waals surface area contributed by atoms with Crippen molar-refractivity contribution in [3.05, 3.63) is 254 Å². The molecule has 0 bridgehead atoms. The number of fused-ring (bicyclic) bond motifs is 12. The lowest BCUT2D eigenvalue weighted by Gasteiger charge is -2.27. The van der Waals surface area contributed by atoms with Crippen molar-refractivity contribution in [3.8, 4) is 22.3 Å². The fraction of sp³-hybridized carbons (Fsp3) is 0.108. The second kappa shape index (κ2) is 17.1. The van der Waals surface area contributed by atoms with Crippen molar-refractivity contribution in [2.75, 3.05) is 9.80 Å². The van der Waals surface area contributed by atoms with Gasteiger partial charge in [-0.1, -0.05) is 211 Å². The molecule has 0 unspecified atom stereocenters. The van der Waals surface area contributed by atoms with Crippen LogP contribution in [0.2, 0.25) is 0 Å². The topological polar surface area (TPSA) is 15.3 Å². The van der Waals surface area contributed by atoms with Crippen LogP contribution in [0, 0.1) is 0 Å². The smallest absolute Gasteiger partial charge is 0.0645 e. The van der Waals surface area contributed by atoms with E-state index in [1.54, 1.807) is 0 Å². The van der Waals surface area contributed by atoms with E-state index < -0.39 is 36.3 Å². The number of rotatable bonds is 8. The molecule has 0 N–H and O–H groups in total. The Hall–Kier alpha value is -9.38. The van der Waals surface area contributed by atoms with Crippen LogP contribution in [0.3, 0.4) is 0 Å². The van der Waals surface area contributed by atoms with Crippen LogP contribution in [0.5, 0.6) is 0 Å². The first-order valence-electron chi connectivity index (χ1n) is 31.6. The summed E-state index contributed by atoms with van der Waals surface area (Å²) in [6.45, 7) is 13.3. The van der Waals surface area contributed by atoms with Crippen LogP contribution < -0.4 is 9.80 Å². The summed E-state index contributed by atoms with van der Waals surface area (Å²) in [4.78, 5) is 3.72. The van der Waals surface area contributed by atoms with Gasteiger partial charge in [0.05, 0.1) is 58.2 Å². The third-order valence-electron chi connectivity index (χ3n) is 15.9. The summed E-state index contributed by atoms with van der Waals surface area (Å²) in [6.07, 6.45) is 0. The van der Waals surface area contributed by atoms with Crippen LogP contribution in [0.1, 0.15) is 66.4 Å². The Labute approximate surface area is 469 Å². The van der Waals surface area contributed by atoms with Gasteiger partial charge in [0, 0.05) is 65.8 Å². The largest absolute Gasteiger partial charge is 0.310 e. The third kappa shape index (κ3) is 6.85. The van der Waals surface area contributed by atoms with Gasteiger partial charge >= 0.3 is 0 Å². The maximum absolute atomic E-state index is 9.56. The Kier molecular flexibility index (Phi) is 8.00. The highest BCUT2D eigenvalue weighted by atomic mass is 15.2. The van der Waals surface area contributed by atoms with Crippen molar-refractivity contribution < 1.29 is 13.7 Å². The lowest BCUT2D eigenvalue weighted by Crippen LogP contribution is -2.12. The summed E-state index contributed by atoms with van der Waals surface area (Å²) < 4.78 is 96.4. The molecule has 374 valence electrons. The first-order chi connectivity index (χ1) is 42.1. The Bertz CT molecular complexity index is 5030. The number of hydrogen-bond acceptors (Lipinski definition) is 2. The van der Waals surface area contributed by atoms with Crippen molar-refractivity contribution >= 4 is 110 Å². The fourth-order valence-electron chi connectivity index (χ4n) is 12.6. The highest BCUT2D eigenvalue weighted by molar-refractivity contribution is 6.32. The number of nitrogens with zero attached hydrogens (tertiary/aromatic N) is 4. The van der Waals surface area contributed by atoms with Gasteiger partial charge in [0.2, 0.25) is 0 Å². The highest BCUT2D eigenvalue weighted by Crippen LogP contribution is 2.53. The first kappa shape index (κ1) is 36.6. The lowest BCUT2D eigenvalue weighted by atomic mass is 9.85. The SMILES string of the molecule is [2H]c1c([2H])c([2H])c(N(c2cccc(-c3ccccc3)c2)c2ccc3c4cc5c(cc4n4c6c(C(C)(C)C)cccc6c2c34)c2ccc(N(c3cccc(-c4ccccc4)c3)c3c([2H])c([2H])c([2H])c([2H])c3[2H])c3c4cccc(C(C)(C)C)c4n5c23)c([2H])c1[2H]. The van der Waals surface area contributed by atoms with Crippen molar-refractivity contribution in [3.63, 3.8) is 0 Å². The van der Waals surface area contributed by atoms with Crippen molar-refractivity contribution in [2.45, 2.75) is 52.4 Å². The Morgan fingerprint density at radius 2 is 0.705 bits per heavy atom. The fourth-order valence-corrected chi connectivity index (χ4v) is 12.6. The molecule has 4 heterocycles. The standard InChI is InChI=1S/C74H58N4/c1-73(2,3)61-37-21-35-57-67-63(75(51-29-15-9-16-30-51)53-33-19-27-49(43-53)47-23-11-7-12-24-47)41-39-55-59-46-66-60(45-65(59)77(69(57)61)71(55)67)56-40-42-64(68-58-36-22-38-62(74(4,5)6)70(58)78(66)72(56)68)76(52-31-17-10-18-32-52)54-34-20-28-50(44-54)48-25-13-8-14-26-48/h7-46H,1-6H3/i9D,10D,15D,16D,17D,18D,29D,30D,31D,32D. The Balaban J connectivity index is 1.08. The van der Waals surface area contributed by atoms with Gasteiger partial charge in [0.15, 0.2) is 0 Å². The van der Waals surface area contributed by atoms with E-state index in [4.69, 9.17) is 8.22 Å². The maximum atomic E-state index is 9.56. The number of para-hydroxylation sites is 4. The summed E-state index contributed by atoms with van der Waals surface area (Å²) >= 11 is 0. The van der Waals surface area contributed by atoms with Gasteiger partial charge in [-0.15, -0.1) is 0 Å². The zero-order valence-electron chi connectivity index (χ0n) is 54.1. The normalized spacial score (nSPS) is 14.3. The zero-order chi connectivity index (χ0) is 61.3. The van der Waals surface area contributed by atoms with Crippen molar-refractivity contribution in [1.29, 1.82) is 0 Å². The van der Waals surface area contributed by atoms with Crippen LogP contribution in [-0.4, -0.2) is 8.80 Å². The first-order valence-corrected chi connectivity index (χ1v) is 26.6. The van der Waals surface area contributed by atoms with E-state index in [2.05, 4.69) is 111 Å². The van der Waals surface area contributed by atoms with E-state index in [-0.39, 0.29) is 46.4 Å². The molecule has 4 aromatic heterocycles. The minimum Gasteiger partial charge on any atom is -0.310 e. The predicted octanol–water partition coefficient (Wildman–Crippen LogP) is 20.9. The molecule has 0 saturated carbocycles. The summed E-state index contributed by atoms with van der Waals surface area (Å²) in [7, 11) is 0. The van der Waals surface area contributed by atoms with Gasteiger partial charge < -0.3 is 18.6 Å². The molecule has 15 aromatic rings. The molecule has 0 aliphatic heterocycles. The summed E-state index contributed by atoms with van der Waals surface area (Å²) in [5, 5.41) is 7.55. The molecule has 0 saturated heterocycles. The second-order valence-corrected chi connectivity index (χ2v) is 22.6. The molecule has 0 atom stereocenters. The number of anilines is 6. The van der Waals surface area contributed by atoms with Gasteiger partial charge in [-0.3, -0.25) is 0 Å². The van der Waals surface area contributed by atoms with Crippen LogP contribution >= 0.6 is 0 Å². The number of hydrogen-bond donors (Lipinski definition) is 0. The molecule has 4 nitrogen and oxygen atoms in total. The number of benzene rings is 11. The second-order valence-electron chi connectivity index (χ2n) is 22.6. The molecule has 0 spiro atoms. The van der Waals surface area contributed by atoms with Gasteiger partial charge in [-0.2, -0.15) is 0 Å². The minimum atomic E-state index is -0.467. The van der Waals surface area contributed by atoms with Crippen molar-refractivity contribution in [2.24, 2.45) is 0 Å². The van der Waals surface area contributed by atoms with E-state index >= 15 is 0 Å². The molecule has 0 fully saturated rings. The van der Waals surface area contributed by atoms with Gasteiger partial charge in [-0.25, -0.2) is 0 Å². The summed E-state index contributed by atoms with van der Waals surface area (Å²) in [5.74, 6) is 0. The highest BCUT2D eigenvalue weighted by Gasteiger charge is 2.32. The van der Waals surface area contributed by atoms with E-state index in [9.17, 15) is 5.48 Å². The quantitative estimate of drug-likeness (QED) is 0.151. The molecule has 15 rings (SSSR count). The van der Waals surface area contributed by atoms with Gasteiger partial charge in [-0.05, 0) is 117 Å². The predicted molar refractivity (Wildman–Crippen MR) is 333 cm³/mol. The molecular weight excluding hydrogens is 945 g/mol. The van der Waals surface area contributed by atoms with Crippen molar-refractivity contribution in [1.82, 2.24) is 8.80 Å². The third-order valence-corrected chi connectivity index (χ3v) is 15.9. The lowest BCUT2D eigenvalue weighted by molar-refractivity contribution is 0.594. The minimum absolute atomic E-state index is 0.0389. The molecule has 78 heavy (non-hydrogen) atoms. The molecule has 11 aromatic carbocycles. The van der Waals surface area contributed by atoms with E-state index in [0.29, 0.717) is 22.7 Å². The molecule has 0 aliphatic rings. The molecule has 0 amide bonds. The average Bonchev–Trinajstić information content (AvgIpc) is 1.52. The average molecular weight is 1010 g/mol. The molecular formula is C74H58N4. The van der Waals surface area contributed by atoms with Gasteiger partial charge in [0.25, 0.3) is 0 Å². The maximum Gasteiger partial charge on any atom is 0.0645 e. The summed E-state index contributed by atoms with van der Waals surface area (Å²) in [6, 6.07) is 57.8. The van der Waals surface area contributed by atoms with Crippen LogP contribution in [-0.2, 0) is 10.8 Å². The molecule has 0 radical (unpaired) electrons. The van der Waals surface area contributed by atoms with Gasteiger partial charge in [0.1, 0.15) is 0 Å². The zero-order valence-corrected chi connectivity index (χ0v) is 44.1.